The van der Waals surface area contributed by atoms with Crippen molar-refractivity contribution < 1.29 is 14.4 Å². The molecule has 4 nitrogen and oxygen atoms in total. The maximum Gasteiger partial charge on any atom is 0.341 e. The van der Waals surface area contributed by atoms with Crippen molar-refractivity contribution in [2.75, 3.05) is 0 Å². The normalized spacial score (nSPS) is 9.56. The highest BCUT2D eigenvalue weighted by atomic mass is 79.9. The Balaban J connectivity index is 0.000000771. The van der Waals surface area contributed by atoms with E-state index in [2.05, 4.69) is 21.1 Å². The van der Waals surface area contributed by atoms with Crippen molar-refractivity contribution in [1.82, 2.24) is 5.16 Å². The van der Waals surface area contributed by atoms with E-state index >= 15 is 0 Å². The van der Waals surface area contributed by atoms with Crippen LogP contribution in [0.4, 0.5) is 0 Å². The maximum atomic E-state index is 11.0. The average Bonchev–Trinajstić information content (AvgIpc) is 2.75. The number of aryl methyl sites for hydroxylation is 1. The van der Waals surface area contributed by atoms with E-state index in [1.165, 1.54) is 0 Å². The van der Waals surface area contributed by atoms with Crippen molar-refractivity contribution in [3.05, 3.63) is 40.0 Å². The van der Waals surface area contributed by atoms with E-state index in [4.69, 9.17) is 9.63 Å². The molecule has 1 aromatic heterocycles. The second-order valence-corrected chi connectivity index (χ2v) is 4.20. The molecule has 0 unspecified atom stereocenters. The van der Waals surface area contributed by atoms with Gasteiger partial charge in [0.25, 0.3) is 0 Å². The Labute approximate surface area is 114 Å². The van der Waals surface area contributed by atoms with E-state index in [0.29, 0.717) is 11.3 Å². The summed E-state index contributed by atoms with van der Waals surface area (Å²) in [6.07, 6.45) is 0. The van der Waals surface area contributed by atoms with Gasteiger partial charge in [-0.05, 0) is 31.2 Å². The summed E-state index contributed by atoms with van der Waals surface area (Å²) in [5, 5.41) is 12.7. The van der Waals surface area contributed by atoms with Crippen molar-refractivity contribution in [3.63, 3.8) is 0 Å². The topological polar surface area (TPSA) is 63.3 Å². The zero-order chi connectivity index (χ0) is 13.7. The molecule has 0 spiro atoms. The van der Waals surface area contributed by atoms with Crippen LogP contribution in [-0.2, 0) is 0 Å². The molecule has 0 amide bonds. The number of halogens is 1. The maximum absolute atomic E-state index is 11.0. The minimum Gasteiger partial charge on any atom is -0.477 e. The van der Waals surface area contributed by atoms with Crippen molar-refractivity contribution in [3.8, 4) is 11.3 Å². The summed E-state index contributed by atoms with van der Waals surface area (Å²) in [4.78, 5) is 11.0. The van der Waals surface area contributed by atoms with Gasteiger partial charge in [-0.25, -0.2) is 4.79 Å². The lowest BCUT2D eigenvalue weighted by Gasteiger charge is -1.98. The molecule has 0 saturated heterocycles. The molecule has 0 saturated carbocycles. The van der Waals surface area contributed by atoms with Crippen LogP contribution in [-0.4, -0.2) is 16.2 Å². The quantitative estimate of drug-likeness (QED) is 0.905. The summed E-state index contributed by atoms with van der Waals surface area (Å²) in [6.45, 7) is 5.61. The van der Waals surface area contributed by atoms with Gasteiger partial charge in [0.05, 0.1) is 5.69 Å². The fraction of sp³-hybridized carbons (Fsp3) is 0.231. The van der Waals surface area contributed by atoms with E-state index in [1.54, 1.807) is 19.1 Å². The molecule has 2 aromatic rings. The highest BCUT2D eigenvalue weighted by Crippen LogP contribution is 2.27. The summed E-state index contributed by atoms with van der Waals surface area (Å²) >= 11 is 3.31. The van der Waals surface area contributed by atoms with Gasteiger partial charge in [0.15, 0.2) is 5.76 Å². The molecule has 2 rings (SSSR count). The monoisotopic (exact) mass is 311 g/mol. The Morgan fingerprint density at radius 1 is 1.28 bits per heavy atom. The first-order chi connectivity index (χ1) is 8.59. The lowest BCUT2D eigenvalue weighted by atomic mass is 10.1. The largest absolute Gasteiger partial charge is 0.477 e. The molecule has 96 valence electrons. The molecule has 18 heavy (non-hydrogen) atoms. The lowest BCUT2D eigenvalue weighted by molar-refractivity contribution is 0.0696. The van der Waals surface area contributed by atoms with Crippen LogP contribution in [0.5, 0.6) is 0 Å². The number of aromatic nitrogens is 1. The Bertz CT molecular complexity index is 532. The zero-order valence-electron chi connectivity index (χ0n) is 10.4. The first-order valence-electron chi connectivity index (χ1n) is 5.55. The number of hydrogen-bond donors (Lipinski definition) is 1. The Morgan fingerprint density at radius 2 is 1.83 bits per heavy atom. The molecule has 0 aliphatic heterocycles. The number of hydrogen-bond acceptors (Lipinski definition) is 3. The van der Waals surface area contributed by atoms with Gasteiger partial charge in [-0.2, -0.15) is 0 Å². The van der Waals surface area contributed by atoms with Crippen LogP contribution in [0.25, 0.3) is 11.3 Å². The molecule has 0 atom stereocenters. The number of benzene rings is 1. The molecular weight excluding hydrogens is 298 g/mol. The number of aromatic carboxylic acids is 1. The van der Waals surface area contributed by atoms with E-state index in [9.17, 15) is 4.79 Å². The Hall–Kier alpha value is -1.62. The number of nitrogens with zero attached hydrogens (tertiary/aromatic N) is 1. The summed E-state index contributed by atoms with van der Waals surface area (Å²) in [7, 11) is 0. The molecule has 1 aromatic carbocycles. The Kier molecular flexibility index (Phi) is 5.09. The van der Waals surface area contributed by atoms with E-state index in [1.807, 2.05) is 26.0 Å². The number of carbonyl (C=O) groups is 1. The number of carboxylic acid groups (broad SMARTS) is 1. The molecule has 0 aliphatic carbocycles. The molecule has 0 aliphatic rings. The standard InChI is InChI=1S/C11H8BrNO3.C2H6/c1-6-9(11(14)15)10(16-13-6)7-2-4-8(12)5-3-7;1-2/h2-5H,1H3,(H,14,15);1-2H3. The summed E-state index contributed by atoms with van der Waals surface area (Å²) in [6, 6.07) is 7.19. The molecular formula is C13H14BrNO3. The van der Waals surface area contributed by atoms with E-state index < -0.39 is 5.97 Å². The van der Waals surface area contributed by atoms with Crippen LogP contribution in [0.3, 0.4) is 0 Å². The molecule has 0 radical (unpaired) electrons. The minimum absolute atomic E-state index is 0.113. The smallest absolute Gasteiger partial charge is 0.341 e. The van der Waals surface area contributed by atoms with Crippen molar-refractivity contribution in [1.29, 1.82) is 0 Å². The van der Waals surface area contributed by atoms with Crippen molar-refractivity contribution in [2.24, 2.45) is 0 Å². The highest BCUT2D eigenvalue weighted by Gasteiger charge is 2.20. The third-order valence-corrected chi connectivity index (χ3v) is 2.71. The SMILES string of the molecule is CC.Cc1noc(-c2ccc(Br)cc2)c1C(=O)O. The van der Waals surface area contributed by atoms with Crippen LogP contribution in [0, 0.1) is 6.92 Å². The van der Waals surface area contributed by atoms with Crippen LogP contribution in [0.2, 0.25) is 0 Å². The van der Waals surface area contributed by atoms with E-state index in [0.717, 1.165) is 4.47 Å². The van der Waals surface area contributed by atoms with Gasteiger partial charge in [0, 0.05) is 10.0 Å². The third kappa shape index (κ3) is 2.98. The minimum atomic E-state index is -1.03. The average molecular weight is 312 g/mol. The van der Waals surface area contributed by atoms with Crippen LogP contribution in [0.15, 0.2) is 33.3 Å². The van der Waals surface area contributed by atoms with Gasteiger partial charge in [-0.1, -0.05) is 34.9 Å². The fourth-order valence-electron chi connectivity index (χ4n) is 1.42. The second kappa shape index (κ2) is 6.35. The predicted molar refractivity (Wildman–Crippen MR) is 72.7 cm³/mol. The second-order valence-electron chi connectivity index (χ2n) is 3.28. The van der Waals surface area contributed by atoms with Gasteiger partial charge in [-0.3, -0.25) is 0 Å². The highest BCUT2D eigenvalue weighted by molar-refractivity contribution is 9.10. The van der Waals surface area contributed by atoms with Gasteiger partial charge < -0.3 is 9.63 Å². The molecule has 0 fully saturated rings. The molecule has 1 N–H and O–H groups in total. The van der Waals surface area contributed by atoms with Gasteiger partial charge in [-0.15, -0.1) is 0 Å². The van der Waals surface area contributed by atoms with E-state index in [-0.39, 0.29) is 11.3 Å². The summed E-state index contributed by atoms with van der Waals surface area (Å²) in [5.74, 6) is -0.742. The van der Waals surface area contributed by atoms with Gasteiger partial charge in [0.1, 0.15) is 5.56 Å². The lowest BCUT2D eigenvalue weighted by Crippen LogP contribution is -1.98. The number of rotatable bonds is 2. The van der Waals surface area contributed by atoms with Crippen LogP contribution < -0.4 is 0 Å². The predicted octanol–water partition coefficient (Wildman–Crippen LogP) is 4.14. The fourth-order valence-corrected chi connectivity index (χ4v) is 1.68. The molecule has 1 heterocycles. The first kappa shape index (κ1) is 14.4. The third-order valence-electron chi connectivity index (χ3n) is 2.18. The number of carboxylic acids is 1. The van der Waals surface area contributed by atoms with Crippen molar-refractivity contribution >= 4 is 21.9 Å². The van der Waals surface area contributed by atoms with Gasteiger partial charge >= 0.3 is 5.97 Å². The summed E-state index contributed by atoms with van der Waals surface area (Å²) in [5.41, 5.74) is 1.19. The van der Waals surface area contributed by atoms with Gasteiger partial charge in [0.2, 0.25) is 0 Å². The zero-order valence-corrected chi connectivity index (χ0v) is 12.0. The molecule has 5 heteroatoms. The Morgan fingerprint density at radius 3 is 2.33 bits per heavy atom. The molecule has 0 bridgehead atoms. The van der Waals surface area contributed by atoms with Crippen LogP contribution >= 0.6 is 15.9 Å². The van der Waals surface area contributed by atoms with Crippen LogP contribution in [0.1, 0.15) is 29.9 Å². The first-order valence-corrected chi connectivity index (χ1v) is 6.34. The van der Waals surface area contributed by atoms with Crippen molar-refractivity contribution in [2.45, 2.75) is 20.8 Å². The summed E-state index contributed by atoms with van der Waals surface area (Å²) < 4.78 is 5.96.